The molecule has 1 aromatic rings. The SMILES string of the molecule is CCc1ccc(S(=O)(=O)NCC(O)C(C)C)cc1. The zero-order chi connectivity index (χ0) is 13.8. The van der Waals surface area contributed by atoms with E-state index < -0.39 is 16.1 Å². The summed E-state index contributed by atoms with van der Waals surface area (Å²) >= 11 is 0. The van der Waals surface area contributed by atoms with Gasteiger partial charge in [-0.2, -0.15) is 0 Å². The molecule has 0 fully saturated rings. The summed E-state index contributed by atoms with van der Waals surface area (Å²) in [5.74, 6) is 0.0233. The van der Waals surface area contributed by atoms with Crippen LogP contribution in [0.1, 0.15) is 26.3 Å². The molecule has 5 heteroatoms. The number of rotatable bonds is 6. The molecular weight excluding hydrogens is 250 g/mol. The molecule has 0 bridgehead atoms. The Morgan fingerprint density at radius 3 is 2.22 bits per heavy atom. The Balaban J connectivity index is 2.73. The van der Waals surface area contributed by atoms with Gasteiger partial charge in [0.25, 0.3) is 0 Å². The average Bonchev–Trinajstić information content (AvgIpc) is 2.36. The van der Waals surface area contributed by atoms with Gasteiger partial charge in [-0.05, 0) is 30.0 Å². The maximum Gasteiger partial charge on any atom is 0.240 e. The molecule has 0 aliphatic rings. The topological polar surface area (TPSA) is 66.4 Å². The summed E-state index contributed by atoms with van der Waals surface area (Å²) in [5, 5.41) is 9.59. The van der Waals surface area contributed by atoms with E-state index in [1.54, 1.807) is 24.3 Å². The lowest BCUT2D eigenvalue weighted by atomic mass is 10.1. The molecule has 0 saturated heterocycles. The van der Waals surface area contributed by atoms with Crippen LogP contribution in [0.15, 0.2) is 29.2 Å². The van der Waals surface area contributed by atoms with Gasteiger partial charge in [0, 0.05) is 6.54 Å². The smallest absolute Gasteiger partial charge is 0.240 e. The molecule has 1 unspecified atom stereocenters. The van der Waals surface area contributed by atoms with Crippen molar-refractivity contribution in [3.63, 3.8) is 0 Å². The second-order valence-corrected chi connectivity index (χ2v) is 6.43. The van der Waals surface area contributed by atoms with Crippen LogP contribution in [-0.4, -0.2) is 26.2 Å². The Labute approximate surface area is 109 Å². The second-order valence-electron chi connectivity index (χ2n) is 4.66. The fourth-order valence-corrected chi connectivity index (χ4v) is 2.47. The molecule has 0 radical (unpaired) electrons. The predicted octanol–water partition coefficient (Wildman–Crippen LogP) is 1.54. The van der Waals surface area contributed by atoms with Gasteiger partial charge in [-0.25, -0.2) is 13.1 Å². The highest BCUT2D eigenvalue weighted by molar-refractivity contribution is 7.89. The van der Waals surface area contributed by atoms with Crippen molar-refractivity contribution in [2.75, 3.05) is 6.54 Å². The maximum atomic E-state index is 11.9. The lowest BCUT2D eigenvalue weighted by Gasteiger charge is -2.15. The van der Waals surface area contributed by atoms with Crippen LogP contribution >= 0.6 is 0 Å². The number of hydrogen-bond acceptors (Lipinski definition) is 3. The molecule has 2 N–H and O–H groups in total. The zero-order valence-electron chi connectivity index (χ0n) is 11.1. The van der Waals surface area contributed by atoms with Crippen LogP contribution in [0, 0.1) is 5.92 Å². The van der Waals surface area contributed by atoms with Gasteiger partial charge in [-0.15, -0.1) is 0 Å². The van der Waals surface area contributed by atoms with E-state index in [1.807, 2.05) is 20.8 Å². The molecule has 0 amide bonds. The first-order chi connectivity index (χ1) is 8.36. The lowest BCUT2D eigenvalue weighted by Crippen LogP contribution is -2.34. The van der Waals surface area contributed by atoms with Gasteiger partial charge in [-0.3, -0.25) is 0 Å². The molecule has 0 aliphatic heterocycles. The summed E-state index contributed by atoms with van der Waals surface area (Å²) in [7, 11) is -3.52. The number of sulfonamides is 1. The first-order valence-corrected chi connectivity index (χ1v) is 7.61. The molecule has 1 atom stereocenters. The van der Waals surface area contributed by atoms with E-state index in [9.17, 15) is 13.5 Å². The lowest BCUT2D eigenvalue weighted by molar-refractivity contribution is 0.129. The maximum absolute atomic E-state index is 11.9. The summed E-state index contributed by atoms with van der Waals surface area (Å²) < 4.78 is 26.3. The van der Waals surface area contributed by atoms with Crippen LogP contribution in [0.25, 0.3) is 0 Å². The molecule has 0 aromatic heterocycles. The third-order valence-corrected chi connectivity index (χ3v) is 4.33. The van der Waals surface area contributed by atoms with E-state index in [4.69, 9.17) is 0 Å². The van der Waals surface area contributed by atoms with Crippen molar-refractivity contribution in [3.05, 3.63) is 29.8 Å². The summed E-state index contributed by atoms with van der Waals surface area (Å²) in [6.07, 6.45) is 0.203. The van der Waals surface area contributed by atoms with Crippen molar-refractivity contribution in [2.45, 2.75) is 38.2 Å². The number of aliphatic hydroxyl groups excluding tert-OH is 1. The quantitative estimate of drug-likeness (QED) is 0.825. The van der Waals surface area contributed by atoms with Gasteiger partial charge >= 0.3 is 0 Å². The minimum Gasteiger partial charge on any atom is -0.391 e. The third kappa shape index (κ3) is 4.08. The molecule has 0 spiro atoms. The molecule has 1 rings (SSSR count). The number of benzene rings is 1. The van der Waals surface area contributed by atoms with Gasteiger partial charge in [0.15, 0.2) is 0 Å². The fraction of sp³-hybridized carbons (Fsp3) is 0.538. The van der Waals surface area contributed by atoms with Gasteiger partial charge in [-0.1, -0.05) is 32.9 Å². The molecule has 4 nitrogen and oxygen atoms in total. The summed E-state index contributed by atoms with van der Waals surface area (Å²) in [5.41, 5.74) is 1.09. The second kappa shape index (κ2) is 6.31. The van der Waals surface area contributed by atoms with Gasteiger partial charge in [0.1, 0.15) is 0 Å². The highest BCUT2D eigenvalue weighted by Crippen LogP contribution is 2.11. The first-order valence-electron chi connectivity index (χ1n) is 6.13. The van der Waals surface area contributed by atoms with Crippen molar-refractivity contribution in [1.82, 2.24) is 4.72 Å². The fourth-order valence-electron chi connectivity index (χ4n) is 1.42. The van der Waals surface area contributed by atoms with Crippen molar-refractivity contribution in [1.29, 1.82) is 0 Å². The highest BCUT2D eigenvalue weighted by atomic mass is 32.2. The Morgan fingerprint density at radius 2 is 1.78 bits per heavy atom. The van der Waals surface area contributed by atoms with Crippen LogP contribution in [-0.2, 0) is 16.4 Å². The predicted molar refractivity (Wildman–Crippen MR) is 71.9 cm³/mol. The van der Waals surface area contributed by atoms with E-state index in [0.29, 0.717) is 0 Å². The third-order valence-electron chi connectivity index (χ3n) is 2.89. The largest absolute Gasteiger partial charge is 0.391 e. The van der Waals surface area contributed by atoms with Crippen LogP contribution in [0.2, 0.25) is 0 Å². The summed E-state index contributed by atoms with van der Waals surface area (Å²) in [6.45, 7) is 5.74. The van der Waals surface area contributed by atoms with E-state index >= 15 is 0 Å². The van der Waals surface area contributed by atoms with E-state index in [1.165, 1.54) is 0 Å². The molecule has 1 aromatic carbocycles. The Kier molecular flexibility index (Phi) is 5.31. The number of hydrogen-bond donors (Lipinski definition) is 2. The van der Waals surface area contributed by atoms with E-state index in [0.717, 1.165) is 12.0 Å². The Hall–Kier alpha value is -0.910. The molecule has 0 aliphatic carbocycles. The summed E-state index contributed by atoms with van der Waals surface area (Å²) in [4.78, 5) is 0.232. The monoisotopic (exact) mass is 271 g/mol. The molecule has 102 valence electrons. The zero-order valence-corrected chi connectivity index (χ0v) is 11.9. The number of nitrogens with one attached hydrogen (secondary N) is 1. The minimum atomic E-state index is -3.52. The number of aliphatic hydroxyl groups is 1. The number of aryl methyl sites for hydroxylation is 1. The van der Waals surface area contributed by atoms with Crippen LogP contribution < -0.4 is 4.72 Å². The minimum absolute atomic E-state index is 0.0233. The van der Waals surface area contributed by atoms with Crippen molar-refractivity contribution in [3.8, 4) is 0 Å². The first kappa shape index (κ1) is 15.1. The average molecular weight is 271 g/mol. The van der Waals surface area contributed by atoms with Gasteiger partial charge in [0.05, 0.1) is 11.0 Å². The Bertz CT molecular complexity index is 466. The molecular formula is C13H21NO3S. The van der Waals surface area contributed by atoms with Gasteiger partial charge < -0.3 is 5.11 Å². The van der Waals surface area contributed by atoms with E-state index in [-0.39, 0.29) is 17.4 Å². The Morgan fingerprint density at radius 1 is 1.22 bits per heavy atom. The van der Waals surface area contributed by atoms with Crippen LogP contribution in [0.4, 0.5) is 0 Å². The molecule has 0 heterocycles. The van der Waals surface area contributed by atoms with Gasteiger partial charge in [0.2, 0.25) is 10.0 Å². The van der Waals surface area contributed by atoms with Crippen molar-refractivity contribution in [2.24, 2.45) is 5.92 Å². The molecule has 18 heavy (non-hydrogen) atoms. The normalized spacial score (nSPS) is 13.8. The molecule has 0 saturated carbocycles. The summed E-state index contributed by atoms with van der Waals surface area (Å²) in [6, 6.07) is 6.77. The van der Waals surface area contributed by atoms with E-state index in [2.05, 4.69) is 4.72 Å². The highest BCUT2D eigenvalue weighted by Gasteiger charge is 2.17. The van der Waals surface area contributed by atoms with Crippen LogP contribution in [0.3, 0.4) is 0 Å². The van der Waals surface area contributed by atoms with Crippen LogP contribution in [0.5, 0.6) is 0 Å². The standard InChI is InChI=1S/C13H21NO3S/c1-4-11-5-7-12(8-6-11)18(16,17)14-9-13(15)10(2)3/h5-8,10,13-15H,4,9H2,1-3H3. The van der Waals surface area contributed by atoms with Crippen molar-refractivity contribution >= 4 is 10.0 Å². The van der Waals surface area contributed by atoms with Crippen molar-refractivity contribution < 1.29 is 13.5 Å².